The largest absolute Gasteiger partial charge is 0.427 e. The molecule has 3 rings (SSSR count). The van der Waals surface area contributed by atoms with E-state index in [4.69, 9.17) is 9.15 Å². The van der Waals surface area contributed by atoms with E-state index in [9.17, 15) is 14.9 Å². The lowest BCUT2D eigenvalue weighted by Crippen LogP contribution is -2.09. The summed E-state index contributed by atoms with van der Waals surface area (Å²) in [6, 6.07) is 11.8. The molecule has 0 aliphatic carbocycles. The number of rotatable bonds is 6. The van der Waals surface area contributed by atoms with Crippen LogP contribution in [-0.4, -0.2) is 21.1 Å². The SMILES string of the molecule is Cc1ccc(-c2nnc(CCC(=O)Oc3ccc([N+](=O)[O-])c(C)c3)o2)cc1. The highest BCUT2D eigenvalue weighted by molar-refractivity contribution is 5.72. The van der Waals surface area contributed by atoms with Crippen LogP contribution in [0.4, 0.5) is 5.69 Å². The Morgan fingerprint density at radius 2 is 1.89 bits per heavy atom. The fourth-order valence-electron chi connectivity index (χ4n) is 2.46. The van der Waals surface area contributed by atoms with E-state index >= 15 is 0 Å². The van der Waals surface area contributed by atoms with Crippen LogP contribution in [0.1, 0.15) is 23.4 Å². The van der Waals surface area contributed by atoms with Gasteiger partial charge in [-0.3, -0.25) is 14.9 Å². The molecule has 0 spiro atoms. The average molecular weight is 367 g/mol. The first-order chi connectivity index (χ1) is 12.9. The van der Waals surface area contributed by atoms with Gasteiger partial charge in [-0.15, -0.1) is 10.2 Å². The van der Waals surface area contributed by atoms with E-state index in [2.05, 4.69) is 10.2 Å². The van der Waals surface area contributed by atoms with Crippen molar-refractivity contribution in [3.63, 3.8) is 0 Å². The topological polar surface area (TPSA) is 108 Å². The number of aryl methyl sites for hydroxylation is 3. The zero-order chi connectivity index (χ0) is 19.4. The third-order valence-electron chi connectivity index (χ3n) is 3.90. The lowest BCUT2D eigenvalue weighted by Gasteiger charge is -2.04. The van der Waals surface area contributed by atoms with Crippen LogP contribution in [0.25, 0.3) is 11.5 Å². The number of carbonyl (C=O) groups is 1. The predicted molar refractivity (Wildman–Crippen MR) is 96.3 cm³/mol. The highest BCUT2D eigenvalue weighted by atomic mass is 16.6. The van der Waals surface area contributed by atoms with Gasteiger partial charge in [0.15, 0.2) is 0 Å². The molecule has 0 saturated heterocycles. The molecule has 0 aliphatic heterocycles. The molecular weight excluding hydrogens is 350 g/mol. The van der Waals surface area contributed by atoms with Crippen LogP contribution in [0.3, 0.4) is 0 Å². The summed E-state index contributed by atoms with van der Waals surface area (Å²) in [5, 5.41) is 18.7. The molecule has 0 N–H and O–H groups in total. The normalized spacial score (nSPS) is 10.6. The molecule has 27 heavy (non-hydrogen) atoms. The fourth-order valence-corrected chi connectivity index (χ4v) is 2.46. The molecule has 3 aromatic rings. The number of carbonyl (C=O) groups excluding carboxylic acids is 1. The van der Waals surface area contributed by atoms with Gasteiger partial charge in [0.05, 0.1) is 11.3 Å². The van der Waals surface area contributed by atoms with Crippen LogP contribution in [0.5, 0.6) is 5.75 Å². The van der Waals surface area contributed by atoms with Crippen molar-refractivity contribution in [3.05, 3.63) is 69.6 Å². The maximum absolute atomic E-state index is 12.0. The Morgan fingerprint density at radius 1 is 1.15 bits per heavy atom. The molecule has 1 heterocycles. The average Bonchev–Trinajstić information content (AvgIpc) is 3.09. The Hall–Kier alpha value is -3.55. The summed E-state index contributed by atoms with van der Waals surface area (Å²) < 4.78 is 10.8. The second-order valence-corrected chi connectivity index (χ2v) is 6.05. The molecule has 0 amide bonds. The highest BCUT2D eigenvalue weighted by Crippen LogP contribution is 2.23. The molecule has 0 atom stereocenters. The number of hydrogen-bond donors (Lipinski definition) is 0. The van der Waals surface area contributed by atoms with Gasteiger partial charge in [0.1, 0.15) is 5.75 Å². The summed E-state index contributed by atoms with van der Waals surface area (Å²) in [5.74, 6) is 0.499. The summed E-state index contributed by atoms with van der Waals surface area (Å²) in [4.78, 5) is 22.3. The Bertz CT molecular complexity index is 979. The Morgan fingerprint density at radius 3 is 2.56 bits per heavy atom. The third-order valence-corrected chi connectivity index (χ3v) is 3.90. The molecule has 0 fully saturated rings. The van der Waals surface area contributed by atoms with Crippen molar-refractivity contribution < 1.29 is 18.9 Å². The summed E-state index contributed by atoms with van der Waals surface area (Å²) in [6.45, 7) is 3.57. The molecular formula is C19H17N3O5. The van der Waals surface area contributed by atoms with Gasteiger partial charge in [0, 0.05) is 23.6 Å². The second-order valence-electron chi connectivity index (χ2n) is 6.05. The molecule has 0 radical (unpaired) electrons. The summed E-state index contributed by atoms with van der Waals surface area (Å²) in [6.07, 6.45) is 0.287. The minimum Gasteiger partial charge on any atom is -0.427 e. The van der Waals surface area contributed by atoms with Crippen molar-refractivity contribution in [2.45, 2.75) is 26.7 Å². The van der Waals surface area contributed by atoms with Crippen molar-refractivity contribution in [2.24, 2.45) is 0 Å². The van der Waals surface area contributed by atoms with E-state index in [1.165, 1.54) is 18.2 Å². The van der Waals surface area contributed by atoms with Gasteiger partial charge in [0.25, 0.3) is 5.69 Å². The van der Waals surface area contributed by atoms with Crippen LogP contribution < -0.4 is 4.74 Å². The van der Waals surface area contributed by atoms with Gasteiger partial charge in [-0.25, -0.2) is 0 Å². The zero-order valence-corrected chi connectivity index (χ0v) is 14.8. The summed E-state index contributed by atoms with van der Waals surface area (Å²) >= 11 is 0. The first-order valence-corrected chi connectivity index (χ1v) is 8.27. The van der Waals surface area contributed by atoms with Crippen molar-refractivity contribution in [1.82, 2.24) is 10.2 Å². The minimum absolute atomic E-state index is 0.0238. The van der Waals surface area contributed by atoms with E-state index in [1.807, 2.05) is 31.2 Å². The number of hydrogen-bond acceptors (Lipinski definition) is 7. The summed E-state index contributed by atoms with van der Waals surface area (Å²) in [7, 11) is 0. The van der Waals surface area contributed by atoms with E-state index in [0.29, 0.717) is 17.3 Å². The molecule has 0 bridgehead atoms. The molecule has 2 aromatic carbocycles. The number of esters is 1. The van der Waals surface area contributed by atoms with Gasteiger partial charge in [0.2, 0.25) is 11.8 Å². The van der Waals surface area contributed by atoms with Gasteiger partial charge in [-0.2, -0.15) is 0 Å². The zero-order valence-electron chi connectivity index (χ0n) is 14.8. The quantitative estimate of drug-likeness (QED) is 0.282. The smallest absolute Gasteiger partial charge is 0.311 e. The minimum atomic E-state index is -0.488. The van der Waals surface area contributed by atoms with Crippen LogP contribution in [-0.2, 0) is 11.2 Å². The Kier molecular flexibility index (Phi) is 5.25. The molecule has 138 valence electrons. The van der Waals surface area contributed by atoms with E-state index in [1.54, 1.807) is 6.92 Å². The van der Waals surface area contributed by atoms with Crippen LogP contribution in [0, 0.1) is 24.0 Å². The molecule has 1 aromatic heterocycles. The Labute approximate surface area is 155 Å². The predicted octanol–water partition coefficient (Wildman–Crippen LogP) is 3.80. The molecule has 8 heteroatoms. The standard InChI is InChI=1S/C19H17N3O5/c1-12-3-5-14(6-4-12)19-21-20-17(27-19)9-10-18(23)26-15-7-8-16(22(24)25)13(2)11-15/h3-8,11H,9-10H2,1-2H3. The highest BCUT2D eigenvalue weighted by Gasteiger charge is 2.14. The van der Waals surface area contributed by atoms with Crippen molar-refractivity contribution in [2.75, 3.05) is 0 Å². The number of benzene rings is 2. The fraction of sp³-hybridized carbons (Fsp3) is 0.211. The second kappa shape index (κ2) is 7.77. The lowest BCUT2D eigenvalue weighted by atomic mass is 10.1. The Balaban J connectivity index is 1.57. The third kappa shape index (κ3) is 4.55. The van der Waals surface area contributed by atoms with E-state index < -0.39 is 10.9 Å². The number of nitrogens with zero attached hydrogens (tertiary/aromatic N) is 3. The van der Waals surface area contributed by atoms with Crippen LogP contribution in [0.2, 0.25) is 0 Å². The first-order valence-electron chi connectivity index (χ1n) is 8.27. The van der Waals surface area contributed by atoms with Gasteiger partial charge in [-0.1, -0.05) is 17.7 Å². The van der Waals surface area contributed by atoms with Gasteiger partial charge < -0.3 is 9.15 Å². The molecule has 0 saturated carbocycles. The number of ether oxygens (including phenoxy) is 1. The van der Waals surface area contributed by atoms with E-state index in [-0.39, 0.29) is 24.3 Å². The van der Waals surface area contributed by atoms with Crippen molar-refractivity contribution >= 4 is 11.7 Å². The lowest BCUT2D eigenvalue weighted by molar-refractivity contribution is -0.385. The number of nitro groups is 1. The number of aromatic nitrogens is 2. The molecule has 0 aliphatic rings. The maximum Gasteiger partial charge on any atom is 0.311 e. The van der Waals surface area contributed by atoms with Gasteiger partial charge >= 0.3 is 5.97 Å². The molecule has 8 nitrogen and oxygen atoms in total. The van der Waals surface area contributed by atoms with Crippen molar-refractivity contribution in [3.8, 4) is 17.2 Å². The number of nitro benzene ring substituents is 1. The summed E-state index contributed by atoms with van der Waals surface area (Å²) in [5.41, 5.74) is 2.33. The van der Waals surface area contributed by atoms with E-state index in [0.717, 1.165) is 11.1 Å². The van der Waals surface area contributed by atoms with Crippen molar-refractivity contribution in [1.29, 1.82) is 0 Å². The van der Waals surface area contributed by atoms with Gasteiger partial charge in [-0.05, 0) is 38.1 Å². The monoisotopic (exact) mass is 367 g/mol. The molecule has 0 unspecified atom stereocenters. The van der Waals surface area contributed by atoms with Crippen LogP contribution >= 0.6 is 0 Å². The maximum atomic E-state index is 12.0. The van der Waals surface area contributed by atoms with Crippen LogP contribution in [0.15, 0.2) is 46.9 Å². The first kappa shape index (κ1) is 18.2.